The fourth-order valence-corrected chi connectivity index (χ4v) is 3.94. The van der Waals surface area contributed by atoms with Crippen molar-refractivity contribution < 1.29 is 4.74 Å². The first-order chi connectivity index (χ1) is 13.1. The number of hydrogen-bond acceptors (Lipinski definition) is 6. The number of nitrogens with two attached hydrogens (primary N) is 1. The van der Waals surface area contributed by atoms with Gasteiger partial charge in [-0.15, -0.1) is 0 Å². The summed E-state index contributed by atoms with van der Waals surface area (Å²) >= 11 is 0. The average Bonchev–Trinajstić information content (AvgIpc) is 3.22. The minimum atomic E-state index is -0.220. The van der Waals surface area contributed by atoms with Crippen LogP contribution in [0.3, 0.4) is 0 Å². The van der Waals surface area contributed by atoms with Crippen molar-refractivity contribution in [3.8, 4) is 17.0 Å². The van der Waals surface area contributed by atoms with Gasteiger partial charge in [-0.3, -0.25) is 9.67 Å². The number of nitrogen functional groups attached to an aromatic ring is 1. The zero-order chi connectivity index (χ0) is 18.4. The van der Waals surface area contributed by atoms with Crippen LogP contribution in [0.25, 0.3) is 11.3 Å². The Balaban J connectivity index is 1.44. The number of nitrogens with one attached hydrogen (secondary N) is 1. The number of ether oxygens (including phenoxy) is 1. The maximum atomic E-state index is 6.05. The molecule has 7 heteroatoms. The highest BCUT2D eigenvalue weighted by molar-refractivity contribution is 5.65. The van der Waals surface area contributed by atoms with E-state index in [-0.39, 0.29) is 11.5 Å². The van der Waals surface area contributed by atoms with Gasteiger partial charge < -0.3 is 15.8 Å². The van der Waals surface area contributed by atoms with Crippen molar-refractivity contribution in [3.63, 3.8) is 0 Å². The van der Waals surface area contributed by atoms with Gasteiger partial charge in [0.1, 0.15) is 6.10 Å². The third-order valence-electron chi connectivity index (χ3n) is 5.64. The van der Waals surface area contributed by atoms with Crippen LogP contribution in [0.4, 0.5) is 5.82 Å². The van der Waals surface area contributed by atoms with Crippen LogP contribution in [0.1, 0.15) is 30.8 Å². The normalized spacial score (nSPS) is 18.1. The summed E-state index contributed by atoms with van der Waals surface area (Å²) in [7, 11) is 0. The number of aromatic nitrogens is 4. The second kappa shape index (κ2) is 6.06. The quantitative estimate of drug-likeness (QED) is 0.740. The van der Waals surface area contributed by atoms with Crippen molar-refractivity contribution in [1.82, 2.24) is 25.1 Å². The molecule has 3 aromatic heterocycles. The molecular weight excluding hydrogens is 340 g/mol. The molecule has 0 bridgehead atoms. The lowest BCUT2D eigenvalue weighted by atomic mass is 9.77. The van der Waals surface area contributed by atoms with Crippen molar-refractivity contribution in [2.75, 3.05) is 18.8 Å². The van der Waals surface area contributed by atoms with E-state index in [1.807, 2.05) is 31.2 Å². The molecule has 138 valence electrons. The monoisotopic (exact) mass is 362 g/mol. The smallest absolute Gasteiger partial charge is 0.166 e. The zero-order valence-corrected chi connectivity index (χ0v) is 15.2. The molecule has 27 heavy (non-hydrogen) atoms. The highest BCUT2D eigenvalue weighted by Crippen LogP contribution is 2.40. The molecule has 1 spiro atoms. The molecule has 0 saturated carbocycles. The standard InChI is InChI=1S/C20H22N6O/c1-13(15-4-2-3-6-23-15)27-17-8-14(10-24-19(17)21)16-9-18-20(11-22-12-20)5-7-26(18)25-16/h2-4,6,8-10,13,22H,5,7,11-12H2,1H3,(H2,21,24)/t13-/m0/s1. The van der Waals surface area contributed by atoms with E-state index in [4.69, 9.17) is 15.6 Å². The van der Waals surface area contributed by atoms with E-state index in [2.05, 4.69) is 26.0 Å². The molecule has 0 unspecified atom stereocenters. The Hall–Kier alpha value is -2.93. The lowest BCUT2D eigenvalue weighted by molar-refractivity contribution is 0.222. The predicted octanol–water partition coefficient (Wildman–Crippen LogP) is 2.31. The van der Waals surface area contributed by atoms with E-state index < -0.39 is 0 Å². The van der Waals surface area contributed by atoms with Gasteiger partial charge in [0, 0.05) is 48.7 Å². The molecule has 1 saturated heterocycles. The van der Waals surface area contributed by atoms with Gasteiger partial charge >= 0.3 is 0 Å². The first kappa shape index (κ1) is 16.3. The molecule has 3 N–H and O–H groups in total. The first-order valence-electron chi connectivity index (χ1n) is 9.27. The summed E-state index contributed by atoms with van der Waals surface area (Å²) < 4.78 is 8.18. The van der Waals surface area contributed by atoms with Crippen LogP contribution >= 0.6 is 0 Å². The van der Waals surface area contributed by atoms with E-state index in [9.17, 15) is 0 Å². The van der Waals surface area contributed by atoms with Gasteiger partial charge in [0.05, 0.1) is 11.4 Å². The number of hydrogen-bond donors (Lipinski definition) is 2. The molecule has 3 aromatic rings. The van der Waals surface area contributed by atoms with Crippen LogP contribution in [-0.4, -0.2) is 32.8 Å². The van der Waals surface area contributed by atoms with E-state index in [0.717, 1.165) is 36.6 Å². The fraction of sp³-hybridized carbons (Fsp3) is 0.350. The number of nitrogens with zero attached hydrogens (tertiary/aromatic N) is 4. The minimum absolute atomic E-state index is 0.220. The molecule has 7 nitrogen and oxygen atoms in total. The minimum Gasteiger partial charge on any atom is -0.481 e. The van der Waals surface area contributed by atoms with E-state index in [0.29, 0.717) is 11.6 Å². The maximum absolute atomic E-state index is 6.05. The molecular formula is C20H22N6O. The molecule has 5 rings (SSSR count). The summed E-state index contributed by atoms with van der Waals surface area (Å²) in [6.07, 6.45) is 4.46. The molecule has 1 atom stereocenters. The lowest BCUT2D eigenvalue weighted by Gasteiger charge is -2.38. The summed E-state index contributed by atoms with van der Waals surface area (Å²) in [5, 5.41) is 8.18. The third-order valence-corrected chi connectivity index (χ3v) is 5.64. The Morgan fingerprint density at radius 2 is 2.15 bits per heavy atom. The number of pyridine rings is 2. The summed E-state index contributed by atoms with van der Waals surface area (Å²) in [4.78, 5) is 8.67. The predicted molar refractivity (Wildman–Crippen MR) is 102 cm³/mol. The van der Waals surface area contributed by atoms with Crippen molar-refractivity contribution >= 4 is 5.82 Å². The van der Waals surface area contributed by atoms with Gasteiger partial charge in [0.15, 0.2) is 11.6 Å². The van der Waals surface area contributed by atoms with Crippen molar-refractivity contribution in [1.29, 1.82) is 0 Å². The molecule has 0 aromatic carbocycles. The van der Waals surface area contributed by atoms with E-state index >= 15 is 0 Å². The Bertz CT molecular complexity index is 979. The van der Waals surface area contributed by atoms with Crippen LogP contribution in [0, 0.1) is 0 Å². The lowest BCUT2D eigenvalue weighted by Crippen LogP contribution is -2.55. The first-order valence-corrected chi connectivity index (χ1v) is 9.27. The van der Waals surface area contributed by atoms with Gasteiger partial charge in [-0.1, -0.05) is 6.07 Å². The molecule has 1 fully saturated rings. The van der Waals surface area contributed by atoms with Gasteiger partial charge in [0.25, 0.3) is 0 Å². The third kappa shape index (κ3) is 2.66. The molecule has 0 radical (unpaired) electrons. The highest BCUT2D eigenvalue weighted by atomic mass is 16.5. The Kier molecular flexibility index (Phi) is 3.65. The van der Waals surface area contributed by atoms with Gasteiger partial charge in [0.2, 0.25) is 0 Å². The Labute approximate surface area is 157 Å². The number of fused-ring (bicyclic) bond motifs is 2. The van der Waals surface area contributed by atoms with Gasteiger partial charge in [-0.2, -0.15) is 5.10 Å². The summed E-state index contributed by atoms with van der Waals surface area (Å²) in [5.41, 5.74) is 10.3. The second-order valence-corrected chi connectivity index (χ2v) is 7.39. The van der Waals surface area contributed by atoms with Crippen LogP contribution in [0.5, 0.6) is 5.75 Å². The van der Waals surface area contributed by atoms with E-state index in [1.165, 1.54) is 12.1 Å². The topological polar surface area (TPSA) is 90.9 Å². The molecule has 0 aliphatic carbocycles. The Morgan fingerprint density at radius 1 is 1.26 bits per heavy atom. The van der Waals surface area contributed by atoms with Crippen LogP contribution in [0.2, 0.25) is 0 Å². The largest absolute Gasteiger partial charge is 0.481 e. The molecule has 5 heterocycles. The number of aryl methyl sites for hydroxylation is 1. The average molecular weight is 362 g/mol. The molecule has 2 aliphatic heterocycles. The van der Waals surface area contributed by atoms with Crippen molar-refractivity contribution in [2.24, 2.45) is 0 Å². The highest BCUT2D eigenvalue weighted by Gasteiger charge is 2.45. The Morgan fingerprint density at radius 3 is 2.89 bits per heavy atom. The van der Waals surface area contributed by atoms with Gasteiger partial charge in [-0.25, -0.2) is 4.98 Å². The van der Waals surface area contributed by atoms with Gasteiger partial charge in [-0.05, 0) is 37.6 Å². The van der Waals surface area contributed by atoms with Crippen LogP contribution in [0.15, 0.2) is 42.7 Å². The molecule has 2 aliphatic rings. The fourth-order valence-electron chi connectivity index (χ4n) is 3.94. The summed E-state index contributed by atoms with van der Waals surface area (Å²) in [6, 6.07) is 9.87. The van der Waals surface area contributed by atoms with Crippen molar-refractivity contribution in [2.45, 2.75) is 31.4 Å². The van der Waals surface area contributed by atoms with Crippen molar-refractivity contribution in [3.05, 3.63) is 54.1 Å². The number of anilines is 1. The zero-order valence-electron chi connectivity index (χ0n) is 15.2. The number of rotatable bonds is 4. The van der Waals surface area contributed by atoms with E-state index in [1.54, 1.807) is 12.4 Å². The summed E-state index contributed by atoms with van der Waals surface area (Å²) in [6.45, 7) is 4.99. The second-order valence-electron chi connectivity index (χ2n) is 7.39. The van der Waals surface area contributed by atoms with Crippen LogP contribution in [-0.2, 0) is 12.0 Å². The maximum Gasteiger partial charge on any atom is 0.166 e. The molecule has 0 amide bonds. The SMILES string of the molecule is C[C@H](Oc1cc(-c2cc3n(n2)CCC32CNC2)cnc1N)c1ccccn1. The van der Waals surface area contributed by atoms with Crippen LogP contribution < -0.4 is 15.8 Å². The summed E-state index contributed by atoms with van der Waals surface area (Å²) in [5.74, 6) is 0.923.